The summed E-state index contributed by atoms with van der Waals surface area (Å²) in [6, 6.07) is 7.13. The Balaban J connectivity index is 2.04. The zero-order valence-electron chi connectivity index (χ0n) is 11.5. The number of piperidine rings is 1. The molecule has 0 saturated carbocycles. The van der Waals surface area contributed by atoms with Gasteiger partial charge in [0, 0.05) is 23.2 Å². The van der Waals surface area contributed by atoms with Crippen LogP contribution in [0.2, 0.25) is 0 Å². The van der Waals surface area contributed by atoms with Gasteiger partial charge in [-0.3, -0.25) is 4.72 Å². The van der Waals surface area contributed by atoms with Crippen LogP contribution in [0.4, 0.5) is 5.69 Å². The maximum absolute atomic E-state index is 12.4. The lowest BCUT2D eigenvalue weighted by atomic mass is 10.00. The first-order chi connectivity index (χ1) is 9.51. The van der Waals surface area contributed by atoms with E-state index < -0.39 is 10.2 Å². The third-order valence-electron chi connectivity index (χ3n) is 3.41. The largest absolute Gasteiger partial charge is 0.319 e. The fraction of sp³-hybridized carbons (Fsp3) is 0.538. The second-order valence-electron chi connectivity index (χ2n) is 5.04. The highest BCUT2D eigenvalue weighted by Crippen LogP contribution is 2.21. The standard InChI is InChI=1S/C13H20BrN3O2S/c1-15-9-11-3-2-8-17(10-11)20(18,19)16-13-6-4-12(14)5-7-13/h4-7,11,15-16H,2-3,8-10H2,1H3. The maximum Gasteiger partial charge on any atom is 0.301 e. The van der Waals surface area contributed by atoms with E-state index in [9.17, 15) is 8.42 Å². The predicted octanol–water partition coefficient (Wildman–Crippen LogP) is 2.04. The second-order valence-corrected chi connectivity index (χ2v) is 7.62. The number of hydrogen-bond acceptors (Lipinski definition) is 3. The van der Waals surface area contributed by atoms with E-state index in [4.69, 9.17) is 0 Å². The first-order valence-corrected chi connectivity index (χ1v) is 8.92. The van der Waals surface area contributed by atoms with Gasteiger partial charge in [-0.05, 0) is 56.6 Å². The molecule has 1 aromatic rings. The van der Waals surface area contributed by atoms with Gasteiger partial charge in [0.15, 0.2) is 0 Å². The summed E-state index contributed by atoms with van der Waals surface area (Å²) >= 11 is 3.33. The van der Waals surface area contributed by atoms with Gasteiger partial charge >= 0.3 is 10.2 Å². The van der Waals surface area contributed by atoms with Gasteiger partial charge in [0.2, 0.25) is 0 Å². The lowest BCUT2D eigenvalue weighted by Gasteiger charge is -2.31. The number of benzene rings is 1. The zero-order chi connectivity index (χ0) is 14.6. The molecule has 20 heavy (non-hydrogen) atoms. The van der Waals surface area contributed by atoms with E-state index in [1.165, 1.54) is 0 Å². The minimum absolute atomic E-state index is 0.384. The van der Waals surface area contributed by atoms with Crippen LogP contribution in [0.15, 0.2) is 28.7 Å². The fourth-order valence-electron chi connectivity index (χ4n) is 2.43. The summed E-state index contributed by atoms with van der Waals surface area (Å²) in [5.74, 6) is 0.384. The molecule has 1 atom stereocenters. The SMILES string of the molecule is CNCC1CCCN(S(=O)(=O)Nc2ccc(Br)cc2)C1. The third-order valence-corrected chi connectivity index (χ3v) is 5.44. The van der Waals surface area contributed by atoms with Crippen molar-refractivity contribution < 1.29 is 8.42 Å². The van der Waals surface area contributed by atoms with Crippen molar-refractivity contribution in [2.45, 2.75) is 12.8 Å². The van der Waals surface area contributed by atoms with Gasteiger partial charge in [-0.15, -0.1) is 0 Å². The highest BCUT2D eigenvalue weighted by Gasteiger charge is 2.28. The van der Waals surface area contributed by atoms with Gasteiger partial charge in [-0.1, -0.05) is 15.9 Å². The molecule has 1 heterocycles. The van der Waals surface area contributed by atoms with E-state index in [0.29, 0.717) is 24.7 Å². The predicted molar refractivity (Wildman–Crippen MR) is 84.9 cm³/mol. The van der Waals surface area contributed by atoms with E-state index in [2.05, 4.69) is 26.0 Å². The summed E-state index contributed by atoms with van der Waals surface area (Å²) in [6.07, 6.45) is 1.98. The lowest BCUT2D eigenvalue weighted by molar-refractivity contribution is 0.264. The minimum Gasteiger partial charge on any atom is -0.319 e. The van der Waals surface area contributed by atoms with E-state index in [-0.39, 0.29) is 0 Å². The van der Waals surface area contributed by atoms with Crippen molar-refractivity contribution in [3.05, 3.63) is 28.7 Å². The molecule has 0 amide bonds. The maximum atomic E-state index is 12.4. The molecule has 112 valence electrons. The van der Waals surface area contributed by atoms with Gasteiger partial charge < -0.3 is 5.32 Å². The number of nitrogens with one attached hydrogen (secondary N) is 2. The normalized spacial score (nSPS) is 20.8. The molecule has 5 nitrogen and oxygen atoms in total. The molecule has 0 aliphatic carbocycles. The highest BCUT2D eigenvalue weighted by molar-refractivity contribution is 9.10. The Bertz CT molecular complexity index is 531. The Labute approximate surface area is 129 Å². The summed E-state index contributed by atoms with van der Waals surface area (Å²) in [7, 11) is -1.56. The van der Waals surface area contributed by atoms with E-state index in [1.54, 1.807) is 16.4 Å². The van der Waals surface area contributed by atoms with Crippen LogP contribution < -0.4 is 10.0 Å². The first-order valence-electron chi connectivity index (χ1n) is 6.69. The molecule has 1 aliphatic heterocycles. The van der Waals surface area contributed by atoms with Crippen molar-refractivity contribution >= 4 is 31.8 Å². The van der Waals surface area contributed by atoms with E-state index in [0.717, 1.165) is 23.9 Å². The van der Waals surface area contributed by atoms with Crippen LogP contribution >= 0.6 is 15.9 Å². The molecule has 0 bridgehead atoms. The quantitative estimate of drug-likeness (QED) is 0.843. The minimum atomic E-state index is -3.46. The van der Waals surface area contributed by atoms with E-state index in [1.807, 2.05) is 19.2 Å². The molecular formula is C13H20BrN3O2S. The molecule has 1 saturated heterocycles. The zero-order valence-corrected chi connectivity index (χ0v) is 13.9. The second kappa shape index (κ2) is 6.89. The Hall–Kier alpha value is -0.630. The monoisotopic (exact) mass is 361 g/mol. The summed E-state index contributed by atoms with van der Waals surface area (Å²) in [5.41, 5.74) is 0.587. The molecular weight excluding hydrogens is 342 g/mol. The van der Waals surface area contributed by atoms with Gasteiger partial charge in [0.05, 0.1) is 0 Å². The van der Waals surface area contributed by atoms with Crippen molar-refractivity contribution in [2.75, 3.05) is 31.4 Å². The van der Waals surface area contributed by atoms with Crippen molar-refractivity contribution in [3.63, 3.8) is 0 Å². The summed E-state index contributed by atoms with van der Waals surface area (Å²) in [6.45, 7) is 2.02. The van der Waals surface area contributed by atoms with Crippen LogP contribution in [0.3, 0.4) is 0 Å². The molecule has 1 aromatic carbocycles. The molecule has 2 rings (SSSR count). The summed E-state index contributed by atoms with van der Waals surface area (Å²) in [4.78, 5) is 0. The topological polar surface area (TPSA) is 61.4 Å². The number of anilines is 1. The summed E-state index contributed by atoms with van der Waals surface area (Å²) in [5, 5.41) is 3.12. The molecule has 1 unspecified atom stereocenters. The number of rotatable bonds is 5. The van der Waals surface area contributed by atoms with Crippen molar-refractivity contribution in [1.29, 1.82) is 0 Å². The number of nitrogens with zero attached hydrogens (tertiary/aromatic N) is 1. The first kappa shape index (κ1) is 15.8. The number of halogens is 1. The Morgan fingerprint density at radius 1 is 1.35 bits per heavy atom. The number of hydrogen-bond donors (Lipinski definition) is 2. The Morgan fingerprint density at radius 3 is 2.70 bits per heavy atom. The molecule has 1 fully saturated rings. The lowest BCUT2D eigenvalue weighted by Crippen LogP contribution is -2.44. The van der Waals surface area contributed by atoms with Crippen LogP contribution in [0.5, 0.6) is 0 Å². The smallest absolute Gasteiger partial charge is 0.301 e. The van der Waals surface area contributed by atoms with Crippen LogP contribution in [-0.2, 0) is 10.2 Å². The Kier molecular flexibility index (Phi) is 5.42. The average molecular weight is 362 g/mol. The molecule has 7 heteroatoms. The van der Waals surface area contributed by atoms with Crippen molar-refractivity contribution in [2.24, 2.45) is 5.92 Å². The van der Waals surface area contributed by atoms with Crippen LogP contribution in [0.1, 0.15) is 12.8 Å². The fourth-order valence-corrected chi connectivity index (χ4v) is 4.04. The van der Waals surface area contributed by atoms with Gasteiger partial charge in [0.1, 0.15) is 0 Å². The van der Waals surface area contributed by atoms with Crippen LogP contribution in [0.25, 0.3) is 0 Å². The van der Waals surface area contributed by atoms with Gasteiger partial charge in [0.25, 0.3) is 0 Å². The molecule has 0 radical (unpaired) electrons. The molecule has 0 aromatic heterocycles. The van der Waals surface area contributed by atoms with Gasteiger partial charge in [-0.2, -0.15) is 12.7 Å². The van der Waals surface area contributed by atoms with Gasteiger partial charge in [-0.25, -0.2) is 0 Å². The van der Waals surface area contributed by atoms with Crippen molar-refractivity contribution in [3.8, 4) is 0 Å². The third kappa shape index (κ3) is 4.18. The van der Waals surface area contributed by atoms with Crippen LogP contribution in [-0.4, -0.2) is 39.4 Å². The van der Waals surface area contributed by atoms with Crippen molar-refractivity contribution in [1.82, 2.24) is 9.62 Å². The average Bonchev–Trinajstić information content (AvgIpc) is 2.42. The highest BCUT2D eigenvalue weighted by atomic mass is 79.9. The molecule has 0 spiro atoms. The van der Waals surface area contributed by atoms with E-state index >= 15 is 0 Å². The summed E-state index contributed by atoms with van der Waals surface area (Å²) < 4.78 is 29.8. The van der Waals surface area contributed by atoms with Crippen LogP contribution in [0, 0.1) is 5.92 Å². The molecule has 1 aliphatic rings. The molecule has 2 N–H and O–H groups in total. The Morgan fingerprint density at radius 2 is 2.05 bits per heavy atom.